The second kappa shape index (κ2) is 11.2. The average Bonchev–Trinajstić information content (AvgIpc) is 3.30. The van der Waals surface area contributed by atoms with Crippen LogP contribution in [0.4, 0.5) is 0 Å². The molecule has 0 unspecified atom stereocenters. The van der Waals surface area contributed by atoms with E-state index in [9.17, 15) is 9.90 Å². The molecule has 0 aliphatic heterocycles. The van der Waals surface area contributed by atoms with Crippen molar-refractivity contribution in [1.29, 1.82) is 0 Å². The maximum atomic E-state index is 12.1. The number of nitrogens with zero attached hydrogens (tertiary/aromatic N) is 3. The molecule has 3 aromatic carbocycles. The van der Waals surface area contributed by atoms with Gasteiger partial charge in [0.1, 0.15) is 0 Å². The van der Waals surface area contributed by atoms with E-state index in [1.807, 2.05) is 12.1 Å². The minimum Gasteiger partial charge on any atom is -0.504 e. The highest BCUT2D eigenvalue weighted by molar-refractivity contribution is 8.03. The van der Waals surface area contributed by atoms with E-state index in [0.29, 0.717) is 11.3 Å². The minimum absolute atomic E-state index is 0.0433. The van der Waals surface area contributed by atoms with Crippen LogP contribution in [0.5, 0.6) is 11.5 Å². The van der Waals surface area contributed by atoms with Gasteiger partial charge in [0.2, 0.25) is 0 Å². The average molecular weight is 497 g/mol. The molecule has 0 atom stereocenters. The van der Waals surface area contributed by atoms with Gasteiger partial charge in [-0.15, -0.1) is 10.2 Å². The van der Waals surface area contributed by atoms with Crippen molar-refractivity contribution in [2.45, 2.75) is 14.4 Å². The fourth-order valence-electron chi connectivity index (χ4n) is 2.98. The molecular formula is C23H20N4O3S3. The molecule has 0 saturated heterocycles. The second-order valence-electron chi connectivity index (χ2n) is 6.77. The van der Waals surface area contributed by atoms with Crippen molar-refractivity contribution in [3.8, 4) is 11.5 Å². The zero-order chi connectivity index (χ0) is 23.0. The number of nitrogens with one attached hydrogen (secondary N) is 1. The van der Waals surface area contributed by atoms with Gasteiger partial charge in [-0.25, -0.2) is 5.43 Å². The molecule has 2 N–H and O–H groups in total. The van der Waals surface area contributed by atoms with E-state index in [-0.39, 0.29) is 17.4 Å². The van der Waals surface area contributed by atoms with E-state index in [4.69, 9.17) is 4.74 Å². The summed E-state index contributed by atoms with van der Waals surface area (Å²) in [6, 6.07) is 19.4. The number of carbonyl (C=O) groups excluding carboxylic acids is 1. The summed E-state index contributed by atoms with van der Waals surface area (Å²) in [5, 5.41) is 24.4. The first-order valence-corrected chi connectivity index (χ1v) is 12.7. The first-order valence-electron chi connectivity index (χ1n) is 9.87. The quantitative estimate of drug-likeness (QED) is 0.192. The van der Waals surface area contributed by atoms with Crippen LogP contribution in [0.15, 0.2) is 74.4 Å². The number of phenols is 1. The van der Waals surface area contributed by atoms with Gasteiger partial charge in [-0.2, -0.15) is 5.10 Å². The number of hydrogen-bond acceptors (Lipinski definition) is 9. The van der Waals surface area contributed by atoms with Crippen LogP contribution in [0.25, 0.3) is 10.8 Å². The molecule has 0 bridgehead atoms. The highest BCUT2D eigenvalue weighted by atomic mass is 32.2. The Morgan fingerprint density at radius 1 is 1.12 bits per heavy atom. The molecule has 0 saturated carbocycles. The number of amides is 1. The Hall–Kier alpha value is -3.08. The Bertz CT molecular complexity index is 1290. The van der Waals surface area contributed by atoms with Crippen molar-refractivity contribution in [2.75, 3.05) is 12.9 Å². The number of benzene rings is 3. The number of ether oxygens (including phenoxy) is 1. The smallest absolute Gasteiger partial charge is 0.250 e. The van der Waals surface area contributed by atoms with Crippen molar-refractivity contribution in [3.05, 3.63) is 71.8 Å². The van der Waals surface area contributed by atoms with Gasteiger partial charge in [0.25, 0.3) is 5.91 Å². The summed E-state index contributed by atoms with van der Waals surface area (Å²) in [6.07, 6.45) is 1.48. The van der Waals surface area contributed by atoms with Crippen LogP contribution >= 0.6 is 34.9 Å². The van der Waals surface area contributed by atoms with Crippen molar-refractivity contribution in [2.24, 2.45) is 5.10 Å². The Morgan fingerprint density at radius 2 is 1.91 bits per heavy atom. The molecule has 4 rings (SSSR count). The van der Waals surface area contributed by atoms with Crippen LogP contribution in [0.2, 0.25) is 0 Å². The van der Waals surface area contributed by atoms with E-state index < -0.39 is 0 Å². The van der Waals surface area contributed by atoms with Crippen LogP contribution < -0.4 is 10.2 Å². The van der Waals surface area contributed by atoms with E-state index in [2.05, 4.69) is 51.1 Å². The Labute approximate surface area is 203 Å². The molecule has 4 aromatic rings. The van der Waals surface area contributed by atoms with Gasteiger partial charge in [0.05, 0.1) is 19.1 Å². The zero-order valence-corrected chi connectivity index (χ0v) is 20.0. The Kier molecular flexibility index (Phi) is 7.82. The van der Waals surface area contributed by atoms with Crippen molar-refractivity contribution in [1.82, 2.24) is 15.6 Å². The van der Waals surface area contributed by atoms with Gasteiger partial charge in [-0.05, 0) is 40.1 Å². The van der Waals surface area contributed by atoms with Crippen LogP contribution in [0.3, 0.4) is 0 Å². The lowest BCUT2D eigenvalue weighted by atomic mass is 10.1. The fourth-order valence-corrected chi connectivity index (χ4v) is 5.80. The van der Waals surface area contributed by atoms with Gasteiger partial charge < -0.3 is 9.84 Å². The maximum absolute atomic E-state index is 12.1. The predicted molar refractivity (Wildman–Crippen MR) is 135 cm³/mol. The molecule has 33 heavy (non-hydrogen) atoms. The number of fused-ring (bicyclic) bond motifs is 1. The largest absolute Gasteiger partial charge is 0.504 e. The Balaban J connectivity index is 1.25. The van der Waals surface area contributed by atoms with Gasteiger partial charge in [-0.1, -0.05) is 77.3 Å². The predicted octanol–water partition coefficient (Wildman–Crippen LogP) is 4.94. The molecule has 1 aromatic heterocycles. The van der Waals surface area contributed by atoms with E-state index in [1.165, 1.54) is 58.8 Å². The molecule has 0 spiro atoms. The number of phenolic OH excluding ortho intramolecular Hbond substituents is 1. The number of thioether (sulfide) groups is 2. The van der Waals surface area contributed by atoms with Crippen LogP contribution in [0, 0.1) is 0 Å². The number of aromatic nitrogens is 2. The minimum atomic E-state index is -0.248. The summed E-state index contributed by atoms with van der Waals surface area (Å²) < 4.78 is 6.65. The molecular weight excluding hydrogens is 476 g/mol. The summed E-state index contributed by atoms with van der Waals surface area (Å²) in [6.45, 7) is 0. The monoisotopic (exact) mass is 496 g/mol. The fraction of sp³-hybridized carbons (Fsp3) is 0.130. The van der Waals surface area contributed by atoms with Crippen LogP contribution in [-0.4, -0.2) is 40.3 Å². The molecule has 7 nitrogen and oxygen atoms in total. The molecule has 0 aliphatic carbocycles. The summed E-state index contributed by atoms with van der Waals surface area (Å²) in [7, 11) is 1.47. The first kappa shape index (κ1) is 23.1. The molecule has 10 heteroatoms. The van der Waals surface area contributed by atoms with Gasteiger partial charge in [0.15, 0.2) is 20.2 Å². The lowest BCUT2D eigenvalue weighted by molar-refractivity contribution is -0.118. The normalized spacial score (nSPS) is 11.2. The highest BCUT2D eigenvalue weighted by Crippen LogP contribution is 2.32. The van der Waals surface area contributed by atoms with Gasteiger partial charge >= 0.3 is 0 Å². The van der Waals surface area contributed by atoms with E-state index in [1.54, 1.807) is 23.9 Å². The van der Waals surface area contributed by atoms with Gasteiger partial charge in [-0.3, -0.25) is 4.79 Å². The van der Waals surface area contributed by atoms with E-state index in [0.717, 1.165) is 14.4 Å². The molecule has 0 aliphatic rings. The number of carbonyl (C=O) groups is 1. The molecule has 0 radical (unpaired) electrons. The van der Waals surface area contributed by atoms with E-state index >= 15 is 0 Å². The lowest BCUT2D eigenvalue weighted by Crippen LogP contribution is -2.19. The number of aromatic hydroxyl groups is 1. The molecule has 1 heterocycles. The van der Waals surface area contributed by atoms with Crippen molar-refractivity contribution >= 4 is 57.8 Å². The summed E-state index contributed by atoms with van der Waals surface area (Å²) in [5.41, 5.74) is 4.43. The third-order valence-electron chi connectivity index (χ3n) is 4.55. The molecule has 0 fully saturated rings. The maximum Gasteiger partial charge on any atom is 0.250 e. The third-order valence-corrected chi connectivity index (χ3v) is 7.79. The number of methoxy groups -OCH3 is 1. The summed E-state index contributed by atoms with van der Waals surface area (Å²) in [4.78, 5) is 12.1. The SMILES string of the molecule is COc1cc(/C=N/NC(=O)CSc2nnc(SCc3cccc4ccccc34)s2)ccc1O. The van der Waals surface area contributed by atoms with Crippen LogP contribution in [-0.2, 0) is 10.5 Å². The summed E-state index contributed by atoms with van der Waals surface area (Å²) >= 11 is 4.43. The number of rotatable bonds is 9. The third kappa shape index (κ3) is 6.25. The first-order chi connectivity index (χ1) is 16.1. The highest BCUT2D eigenvalue weighted by Gasteiger charge is 2.10. The number of hydrazone groups is 1. The number of hydrogen-bond donors (Lipinski definition) is 2. The molecule has 168 valence electrons. The second-order valence-corrected chi connectivity index (χ2v) is 10.2. The van der Waals surface area contributed by atoms with Crippen LogP contribution in [0.1, 0.15) is 11.1 Å². The standard InChI is InChI=1S/C23H20N4O3S3/c1-30-20-11-15(9-10-19(20)28)12-24-25-21(29)14-32-23-27-26-22(33-23)31-13-17-7-4-6-16-5-2-3-8-18(16)17/h2-12,28H,13-14H2,1H3,(H,25,29)/b24-12+. The zero-order valence-electron chi connectivity index (χ0n) is 17.6. The van der Waals surface area contributed by atoms with Crippen molar-refractivity contribution < 1.29 is 14.6 Å². The Morgan fingerprint density at radius 3 is 2.76 bits per heavy atom. The lowest BCUT2D eigenvalue weighted by Gasteiger charge is -2.04. The summed E-state index contributed by atoms with van der Waals surface area (Å²) in [5.74, 6) is 1.12. The topological polar surface area (TPSA) is 96.7 Å². The molecule has 1 amide bonds. The van der Waals surface area contributed by atoms with Gasteiger partial charge in [0, 0.05) is 5.75 Å². The van der Waals surface area contributed by atoms with Crippen molar-refractivity contribution in [3.63, 3.8) is 0 Å².